The van der Waals surface area contributed by atoms with E-state index in [0.717, 1.165) is 44.9 Å². The number of hydrogen-bond acceptors (Lipinski definition) is 6. The number of aliphatic carboxylic acids is 1. The molecule has 0 aliphatic carbocycles. The van der Waals surface area contributed by atoms with E-state index in [-0.39, 0.29) is 12.8 Å². The third kappa shape index (κ3) is 7.73. The van der Waals surface area contributed by atoms with E-state index in [0.29, 0.717) is 18.8 Å². The first-order valence-electron chi connectivity index (χ1n) is 15.0. The lowest BCUT2D eigenvalue weighted by Gasteiger charge is -2.37. The van der Waals surface area contributed by atoms with Crippen molar-refractivity contribution in [2.45, 2.75) is 58.0 Å². The van der Waals surface area contributed by atoms with Gasteiger partial charge in [-0.05, 0) is 83.8 Å². The highest BCUT2D eigenvalue weighted by atomic mass is 16.5. The van der Waals surface area contributed by atoms with Crippen LogP contribution in [0.1, 0.15) is 66.5 Å². The van der Waals surface area contributed by atoms with E-state index in [1.165, 1.54) is 0 Å². The highest BCUT2D eigenvalue weighted by molar-refractivity contribution is 5.78. The molecule has 0 radical (unpaired) electrons. The van der Waals surface area contributed by atoms with Gasteiger partial charge in [-0.2, -0.15) is 0 Å². The minimum absolute atomic E-state index is 0.200. The molecule has 0 saturated carbocycles. The fraction of sp³-hybridized carbons (Fsp3) is 0.316. The molecule has 0 aromatic heterocycles. The van der Waals surface area contributed by atoms with Gasteiger partial charge in [-0.15, -0.1) is 0 Å². The average molecular weight is 611 g/mol. The molecule has 0 amide bonds. The van der Waals surface area contributed by atoms with Crippen LogP contribution in [0.25, 0.3) is 0 Å². The van der Waals surface area contributed by atoms with Crippen LogP contribution < -0.4 is 14.2 Å². The van der Waals surface area contributed by atoms with Gasteiger partial charge in [-0.25, -0.2) is 0 Å². The second-order valence-corrected chi connectivity index (χ2v) is 11.8. The summed E-state index contributed by atoms with van der Waals surface area (Å²) in [7, 11) is 3.29. The Morgan fingerprint density at radius 1 is 0.733 bits per heavy atom. The lowest BCUT2D eigenvalue weighted by Crippen LogP contribution is -2.35. The molecule has 45 heavy (non-hydrogen) atoms. The fourth-order valence-electron chi connectivity index (χ4n) is 5.92. The van der Waals surface area contributed by atoms with Crippen LogP contribution in [0.5, 0.6) is 17.2 Å². The molecule has 0 aliphatic rings. The lowest BCUT2D eigenvalue weighted by atomic mass is 9.77. The molecular formula is C38H42O7. The molecule has 0 saturated heterocycles. The Hall–Kier alpha value is -4.62. The summed E-state index contributed by atoms with van der Waals surface area (Å²) >= 11 is 0. The van der Waals surface area contributed by atoms with E-state index >= 15 is 0 Å². The maximum absolute atomic E-state index is 12.6. The molecule has 4 aromatic carbocycles. The smallest absolute Gasteiger partial charge is 0.311 e. The summed E-state index contributed by atoms with van der Waals surface area (Å²) in [5.41, 5.74) is 4.26. The van der Waals surface area contributed by atoms with Crippen molar-refractivity contribution in [1.82, 2.24) is 0 Å². The third-order valence-electron chi connectivity index (χ3n) is 8.11. The largest absolute Gasteiger partial charge is 0.497 e. The minimum Gasteiger partial charge on any atom is -0.497 e. The molecule has 0 spiro atoms. The first-order chi connectivity index (χ1) is 21.5. The summed E-state index contributed by atoms with van der Waals surface area (Å²) in [4.78, 5) is 23.6. The highest BCUT2D eigenvalue weighted by Crippen LogP contribution is 2.43. The standard InChI is InChI=1S/C38H42O7/c1-26-24-27(2)36(33(25-26)45-35(41)21-20-34(39)40)37(3,4)22-23-44-38(28-10-8-7-9-11-28,29-12-16-31(42-5)17-13-29)30-14-18-32(43-6)19-15-30/h7-19,24-25H,20-23H2,1-6H3,(H,39,40). The number of benzene rings is 4. The normalized spacial score (nSPS) is 11.6. The van der Waals surface area contributed by atoms with Crippen molar-refractivity contribution in [3.05, 3.63) is 124 Å². The first kappa shape index (κ1) is 33.3. The third-order valence-corrected chi connectivity index (χ3v) is 8.11. The second-order valence-electron chi connectivity index (χ2n) is 11.8. The Kier molecular flexibility index (Phi) is 10.7. The van der Waals surface area contributed by atoms with E-state index < -0.39 is 23.0 Å². The van der Waals surface area contributed by atoms with Crippen LogP contribution in [0.2, 0.25) is 0 Å². The summed E-state index contributed by atoms with van der Waals surface area (Å²) in [6.07, 6.45) is 0.112. The van der Waals surface area contributed by atoms with Crippen LogP contribution in [0.15, 0.2) is 91.0 Å². The van der Waals surface area contributed by atoms with E-state index in [1.54, 1.807) is 14.2 Å². The van der Waals surface area contributed by atoms with Crippen LogP contribution in [0, 0.1) is 13.8 Å². The molecule has 0 fully saturated rings. The molecule has 4 rings (SSSR count). The highest BCUT2D eigenvalue weighted by Gasteiger charge is 2.39. The summed E-state index contributed by atoms with van der Waals surface area (Å²) in [6, 6.07) is 29.9. The molecule has 4 aromatic rings. The quantitative estimate of drug-likeness (QED) is 0.0886. The molecule has 7 heteroatoms. The molecule has 0 atom stereocenters. The van der Waals surface area contributed by atoms with Crippen molar-refractivity contribution in [2.75, 3.05) is 20.8 Å². The van der Waals surface area contributed by atoms with Crippen LogP contribution in [-0.2, 0) is 25.3 Å². The number of esters is 1. The van der Waals surface area contributed by atoms with Crippen LogP contribution in [0.4, 0.5) is 0 Å². The molecule has 0 heterocycles. The number of methoxy groups -OCH3 is 2. The molecule has 0 bridgehead atoms. The monoisotopic (exact) mass is 610 g/mol. The predicted molar refractivity (Wildman–Crippen MR) is 174 cm³/mol. The molecule has 0 aliphatic heterocycles. The van der Waals surface area contributed by atoms with Gasteiger partial charge in [0.1, 0.15) is 22.8 Å². The predicted octanol–water partition coefficient (Wildman–Crippen LogP) is 7.77. The van der Waals surface area contributed by atoms with E-state index in [9.17, 15) is 9.59 Å². The second kappa shape index (κ2) is 14.4. The Bertz CT molecular complexity index is 1540. The van der Waals surface area contributed by atoms with E-state index in [2.05, 4.69) is 32.0 Å². The Labute approximate surface area is 265 Å². The maximum Gasteiger partial charge on any atom is 0.311 e. The van der Waals surface area contributed by atoms with Crippen molar-refractivity contribution in [1.29, 1.82) is 0 Å². The SMILES string of the molecule is COc1ccc(C(OCCC(C)(C)c2c(C)cc(C)cc2OC(=O)CCC(=O)O)(c2ccccc2)c2ccc(OC)cc2)cc1. The number of aryl methyl sites for hydroxylation is 2. The fourth-order valence-corrected chi connectivity index (χ4v) is 5.92. The van der Waals surface area contributed by atoms with Gasteiger partial charge in [0.25, 0.3) is 0 Å². The van der Waals surface area contributed by atoms with Crippen molar-refractivity contribution >= 4 is 11.9 Å². The number of hydrogen-bond donors (Lipinski definition) is 1. The van der Waals surface area contributed by atoms with Gasteiger partial charge in [-0.1, -0.05) is 74.5 Å². The van der Waals surface area contributed by atoms with Crippen LogP contribution in [0.3, 0.4) is 0 Å². The van der Waals surface area contributed by atoms with E-state index in [1.807, 2.05) is 86.6 Å². The van der Waals surface area contributed by atoms with Gasteiger partial charge in [0.2, 0.25) is 0 Å². The van der Waals surface area contributed by atoms with Crippen LogP contribution in [-0.4, -0.2) is 37.9 Å². The number of ether oxygens (including phenoxy) is 4. The Morgan fingerprint density at radius 3 is 1.78 bits per heavy atom. The summed E-state index contributed by atoms with van der Waals surface area (Å²) in [5, 5.41) is 9.03. The zero-order valence-corrected chi connectivity index (χ0v) is 26.9. The van der Waals surface area contributed by atoms with Crippen molar-refractivity contribution in [3.63, 3.8) is 0 Å². The number of carbonyl (C=O) groups excluding carboxylic acids is 1. The summed E-state index contributed by atoms with van der Waals surface area (Å²) in [6.45, 7) is 8.52. The number of carbonyl (C=O) groups is 2. The summed E-state index contributed by atoms with van der Waals surface area (Å²) < 4.78 is 23.8. The topological polar surface area (TPSA) is 91.3 Å². The van der Waals surface area contributed by atoms with Gasteiger partial charge in [-0.3, -0.25) is 9.59 Å². The summed E-state index contributed by atoms with van der Waals surface area (Å²) in [5.74, 6) is 0.333. The molecule has 7 nitrogen and oxygen atoms in total. The van der Waals surface area contributed by atoms with Gasteiger partial charge < -0.3 is 24.1 Å². The lowest BCUT2D eigenvalue weighted by molar-refractivity contribution is -0.142. The van der Waals surface area contributed by atoms with Gasteiger partial charge in [0, 0.05) is 12.2 Å². The number of rotatable bonds is 14. The maximum atomic E-state index is 12.6. The molecular weight excluding hydrogens is 568 g/mol. The van der Waals surface area contributed by atoms with Crippen molar-refractivity contribution < 1.29 is 33.6 Å². The van der Waals surface area contributed by atoms with Gasteiger partial charge >= 0.3 is 11.9 Å². The zero-order chi connectivity index (χ0) is 32.6. The average Bonchev–Trinajstić information content (AvgIpc) is 3.02. The van der Waals surface area contributed by atoms with Gasteiger partial charge in [0.15, 0.2) is 0 Å². The van der Waals surface area contributed by atoms with Crippen molar-refractivity contribution in [3.8, 4) is 17.2 Å². The van der Waals surface area contributed by atoms with Gasteiger partial charge in [0.05, 0.1) is 27.1 Å². The Balaban J connectivity index is 1.73. The van der Waals surface area contributed by atoms with Crippen molar-refractivity contribution in [2.24, 2.45) is 0 Å². The van der Waals surface area contributed by atoms with E-state index in [4.69, 9.17) is 24.1 Å². The Morgan fingerprint density at radius 2 is 1.27 bits per heavy atom. The minimum atomic E-state index is -1.04. The first-order valence-corrected chi connectivity index (χ1v) is 15.0. The van der Waals surface area contributed by atoms with Crippen LogP contribution >= 0.6 is 0 Å². The number of carboxylic acids is 1. The zero-order valence-electron chi connectivity index (χ0n) is 26.9. The molecule has 236 valence electrons. The number of carboxylic acid groups (broad SMARTS) is 1. The molecule has 0 unspecified atom stereocenters. The molecule has 1 N–H and O–H groups in total.